The monoisotopic (exact) mass is 452 g/mol. The number of halogens is 1. The first kappa shape index (κ1) is 21.4. The third-order valence-electron chi connectivity index (χ3n) is 6.59. The Hall–Kier alpha value is -2.48. The van der Waals surface area contributed by atoms with Crippen LogP contribution in [0, 0.1) is 6.92 Å². The molecule has 1 amide bonds. The van der Waals surface area contributed by atoms with Crippen molar-refractivity contribution in [1.82, 2.24) is 29.7 Å². The number of hydrogen-bond acceptors (Lipinski definition) is 5. The van der Waals surface area contributed by atoms with Crippen LogP contribution in [0.15, 0.2) is 36.5 Å². The van der Waals surface area contributed by atoms with Crippen molar-refractivity contribution in [2.45, 2.75) is 38.8 Å². The van der Waals surface area contributed by atoms with Gasteiger partial charge in [0.1, 0.15) is 0 Å². The molecule has 0 saturated carbocycles. The Balaban J connectivity index is 1.36. The predicted molar refractivity (Wildman–Crippen MR) is 125 cm³/mol. The molecule has 3 aromatic rings. The van der Waals surface area contributed by atoms with Gasteiger partial charge in [-0.1, -0.05) is 23.7 Å². The van der Waals surface area contributed by atoms with E-state index in [1.807, 2.05) is 29.8 Å². The van der Waals surface area contributed by atoms with Crippen molar-refractivity contribution < 1.29 is 4.79 Å². The second-order valence-electron chi connectivity index (χ2n) is 8.93. The summed E-state index contributed by atoms with van der Waals surface area (Å²) < 4.78 is 2.05. The van der Waals surface area contributed by atoms with Crippen LogP contribution in [-0.2, 0) is 17.9 Å². The SMILES string of the molecule is Cc1nn2c(C3CCCN(Cc4ccc(Cl)cc4)C3)ccnc2c1CN1CCNC(=O)C1. The lowest BCUT2D eigenvalue weighted by Crippen LogP contribution is -2.47. The predicted octanol–water partition coefficient (Wildman–Crippen LogP) is 3.00. The maximum atomic E-state index is 11.8. The molecule has 0 radical (unpaired) electrons. The molecular formula is C24H29ClN6O. The summed E-state index contributed by atoms with van der Waals surface area (Å²) in [7, 11) is 0. The quantitative estimate of drug-likeness (QED) is 0.644. The van der Waals surface area contributed by atoms with Gasteiger partial charge in [-0.2, -0.15) is 5.10 Å². The normalized spacial score (nSPS) is 20.6. The zero-order valence-electron chi connectivity index (χ0n) is 18.4. The smallest absolute Gasteiger partial charge is 0.234 e. The molecule has 7 nitrogen and oxygen atoms in total. The number of likely N-dealkylation sites (tertiary alicyclic amines) is 1. The second-order valence-corrected chi connectivity index (χ2v) is 9.37. The molecule has 168 valence electrons. The van der Waals surface area contributed by atoms with Crippen LogP contribution in [0.4, 0.5) is 0 Å². The van der Waals surface area contributed by atoms with Gasteiger partial charge < -0.3 is 5.32 Å². The number of benzene rings is 1. The van der Waals surface area contributed by atoms with Crippen molar-refractivity contribution in [1.29, 1.82) is 0 Å². The van der Waals surface area contributed by atoms with Gasteiger partial charge >= 0.3 is 0 Å². The number of aromatic nitrogens is 3. The van der Waals surface area contributed by atoms with Crippen LogP contribution in [-0.4, -0.2) is 63.0 Å². The van der Waals surface area contributed by atoms with E-state index in [9.17, 15) is 4.79 Å². The minimum atomic E-state index is 0.0852. The molecule has 2 saturated heterocycles. The largest absolute Gasteiger partial charge is 0.354 e. The van der Waals surface area contributed by atoms with Crippen molar-refractivity contribution in [3.63, 3.8) is 0 Å². The standard InChI is InChI=1S/C24H29ClN6O/c1-17-21(15-30-12-10-26-23(32)16-30)24-27-9-8-22(31(24)28-17)19-3-2-11-29(14-19)13-18-4-6-20(25)7-5-18/h4-9,19H,2-3,10-16H2,1H3,(H,26,32). The van der Waals surface area contributed by atoms with E-state index < -0.39 is 0 Å². The molecule has 2 aromatic heterocycles. The van der Waals surface area contributed by atoms with Crippen LogP contribution in [0.1, 0.15) is 41.3 Å². The average molecular weight is 453 g/mol. The molecule has 5 rings (SSSR count). The molecule has 2 aliphatic rings. The number of piperazine rings is 1. The average Bonchev–Trinajstić information content (AvgIpc) is 3.11. The summed E-state index contributed by atoms with van der Waals surface area (Å²) in [6.45, 7) is 7.76. The molecular weight excluding hydrogens is 424 g/mol. The van der Waals surface area contributed by atoms with Crippen LogP contribution in [0.25, 0.3) is 5.65 Å². The Bertz CT molecular complexity index is 1110. The summed E-state index contributed by atoms with van der Waals surface area (Å²) in [4.78, 5) is 21.2. The minimum Gasteiger partial charge on any atom is -0.354 e. The van der Waals surface area contributed by atoms with Crippen LogP contribution in [0.2, 0.25) is 5.02 Å². The Morgan fingerprint density at radius 3 is 2.78 bits per heavy atom. The van der Waals surface area contributed by atoms with E-state index >= 15 is 0 Å². The molecule has 2 aliphatic heterocycles. The summed E-state index contributed by atoms with van der Waals surface area (Å²) >= 11 is 6.04. The summed E-state index contributed by atoms with van der Waals surface area (Å²) in [5, 5.41) is 8.55. The number of carbonyl (C=O) groups is 1. The lowest BCUT2D eigenvalue weighted by molar-refractivity contribution is -0.124. The Morgan fingerprint density at radius 1 is 1.12 bits per heavy atom. The van der Waals surface area contributed by atoms with Crippen molar-refractivity contribution in [2.24, 2.45) is 0 Å². The molecule has 1 aromatic carbocycles. The molecule has 2 fully saturated rings. The van der Waals surface area contributed by atoms with Crippen LogP contribution >= 0.6 is 11.6 Å². The third kappa shape index (κ3) is 4.51. The van der Waals surface area contributed by atoms with E-state index in [0.29, 0.717) is 25.6 Å². The number of rotatable bonds is 5. The first-order valence-electron chi connectivity index (χ1n) is 11.4. The Morgan fingerprint density at radius 2 is 1.97 bits per heavy atom. The first-order chi connectivity index (χ1) is 15.6. The summed E-state index contributed by atoms with van der Waals surface area (Å²) in [6.07, 6.45) is 4.23. The van der Waals surface area contributed by atoms with Crippen molar-refractivity contribution in [3.8, 4) is 0 Å². The minimum absolute atomic E-state index is 0.0852. The number of hydrogen-bond donors (Lipinski definition) is 1. The molecule has 0 spiro atoms. The number of carbonyl (C=O) groups excluding carboxylic acids is 1. The number of nitrogens with zero attached hydrogens (tertiary/aromatic N) is 5. The number of piperidine rings is 1. The zero-order chi connectivity index (χ0) is 22.1. The second kappa shape index (κ2) is 9.17. The Kier molecular flexibility index (Phi) is 6.13. The molecule has 1 unspecified atom stereocenters. The summed E-state index contributed by atoms with van der Waals surface area (Å²) in [6, 6.07) is 10.3. The lowest BCUT2D eigenvalue weighted by atomic mass is 9.94. The number of amides is 1. The van der Waals surface area contributed by atoms with E-state index in [1.54, 1.807) is 0 Å². The summed E-state index contributed by atoms with van der Waals surface area (Å²) in [5.74, 6) is 0.497. The summed E-state index contributed by atoms with van der Waals surface area (Å²) in [5.41, 5.74) is 5.54. The number of fused-ring (bicyclic) bond motifs is 1. The molecule has 32 heavy (non-hydrogen) atoms. The zero-order valence-corrected chi connectivity index (χ0v) is 19.2. The van der Waals surface area contributed by atoms with Gasteiger partial charge in [-0.3, -0.25) is 14.6 Å². The third-order valence-corrected chi connectivity index (χ3v) is 6.84. The maximum Gasteiger partial charge on any atom is 0.234 e. The number of nitrogens with one attached hydrogen (secondary N) is 1. The van der Waals surface area contributed by atoms with Crippen molar-refractivity contribution in [2.75, 3.05) is 32.7 Å². The fraction of sp³-hybridized carbons (Fsp3) is 0.458. The van der Waals surface area contributed by atoms with Crippen molar-refractivity contribution in [3.05, 3.63) is 64.1 Å². The molecule has 4 heterocycles. The van der Waals surface area contributed by atoms with E-state index in [1.165, 1.54) is 11.3 Å². The van der Waals surface area contributed by atoms with E-state index in [0.717, 1.165) is 60.9 Å². The highest BCUT2D eigenvalue weighted by Crippen LogP contribution is 2.29. The highest BCUT2D eigenvalue weighted by atomic mass is 35.5. The number of aryl methyl sites for hydroxylation is 1. The topological polar surface area (TPSA) is 65.8 Å². The fourth-order valence-electron chi connectivity index (χ4n) is 4.95. The maximum absolute atomic E-state index is 11.8. The highest BCUT2D eigenvalue weighted by molar-refractivity contribution is 6.30. The highest BCUT2D eigenvalue weighted by Gasteiger charge is 2.26. The van der Waals surface area contributed by atoms with Gasteiger partial charge in [0, 0.05) is 55.4 Å². The van der Waals surface area contributed by atoms with Gasteiger partial charge in [0.25, 0.3) is 0 Å². The van der Waals surface area contributed by atoms with E-state index in [-0.39, 0.29) is 5.91 Å². The first-order valence-corrected chi connectivity index (χ1v) is 11.7. The molecule has 1 atom stereocenters. The van der Waals surface area contributed by atoms with Gasteiger partial charge in [0.15, 0.2) is 5.65 Å². The van der Waals surface area contributed by atoms with Crippen LogP contribution in [0.5, 0.6) is 0 Å². The van der Waals surface area contributed by atoms with E-state index in [2.05, 4.69) is 38.3 Å². The Labute approximate surface area is 193 Å². The van der Waals surface area contributed by atoms with Gasteiger partial charge in [0.2, 0.25) is 5.91 Å². The van der Waals surface area contributed by atoms with E-state index in [4.69, 9.17) is 16.7 Å². The molecule has 8 heteroatoms. The molecule has 1 N–H and O–H groups in total. The van der Waals surface area contributed by atoms with Crippen molar-refractivity contribution >= 4 is 23.2 Å². The van der Waals surface area contributed by atoms with Gasteiger partial charge in [0.05, 0.1) is 17.9 Å². The van der Waals surface area contributed by atoms with Gasteiger partial charge in [-0.15, -0.1) is 0 Å². The van der Waals surface area contributed by atoms with Crippen LogP contribution in [0.3, 0.4) is 0 Å². The fourth-order valence-corrected chi connectivity index (χ4v) is 5.07. The molecule has 0 aliphatic carbocycles. The molecule has 0 bridgehead atoms. The lowest BCUT2D eigenvalue weighted by Gasteiger charge is -2.33. The van der Waals surface area contributed by atoms with Gasteiger partial charge in [-0.25, -0.2) is 9.50 Å². The van der Waals surface area contributed by atoms with Crippen LogP contribution < -0.4 is 5.32 Å². The van der Waals surface area contributed by atoms with Gasteiger partial charge in [-0.05, 0) is 50.1 Å².